The predicted molar refractivity (Wildman–Crippen MR) is 94.9 cm³/mol. The number of β-lactam (4-membered cyclic amide) rings is 1. The highest BCUT2D eigenvalue weighted by Crippen LogP contribution is 2.40. The van der Waals surface area contributed by atoms with Crippen molar-refractivity contribution < 1.29 is 23.9 Å². The summed E-state index contributed by atoms with van der Waals surface area (Å²) in [5.74, 6) is -1.63. The zero-order valence-electron chi connectivity index (χ0n) is 14.3. The Bertz CT molecular complexity index is 792. The largest absolute Gasteiger partial charge is 0.467 e. The molecule has 0 saturated carbocycles. The number of amides is 2. The van der Waals surface area contributed by atoms with E-state index in [0.717, 1.165) is 5.56 Å². The lowest BCUT2D eigenvalue weighted by atomic mass is 9.96. The van der Waals surface area contributed by atoms with Crippen LogP contribution >= 0.6 is 11.8 Å². The zero-order valence-corrected chi connectivity index (χ0v) is 15.1. The van der Waals surface area contributed by atoms with E-state index in [-0.39, 0.29) is 23.7 Å². The Labute approximate surface area is 154 Å². The third-order valence-corrected chi connectivity index (χ3v) is 5.51. The number of carbonyl (C=O) groups excluding carboxylic acids is 4. The number of carbonyl (C=O) groups is 4. The molecular formula is C18H18N2O5S. The van der Waals surface area contributed by atoms with Gasteiger partial charge < -0.3 is 15.0 Å². The van der Waals surface area contributed by atoms with Crippen molar-refractivity contribution in [3.8, 4) is 0 Å². The Kier molecular flexibility index (Phi) is 5.13. The second-order valence-electron chi connectivity index (χ2n) is 6.03. The number of ether oxygens (including phenoxy) is 1. The molecule has 0 aromatic heterocycles. The monoisotopic (exact) mass is 374 g/mol. The molecule has 2 aliphatic heterocycles. The lowest BCUT2D eigenvalue weighted by Crippen LogP contribution is -2.74. The average molecular weight is 374 g/mol. The first kappa shape index (κ1) is 18.2. The van der Waals surface area contributed by atoms with Gasteiger partial charge in [-0.15, -0.1) is 11.8 Å². The van der Waals surface area contributed by atoms with Crippen LogP contribution in [0.2, 0.25) is 0 Å². The molecule has 2 amide bonds. The molecule has 0 spiro atoms. The first-order valence-electron chi connectivity index (χ1n) is 8.03. The van der Waals surface area contributed by atoms with Crippen LogP contribution in [0.5, 0.6) is 0 Å². The van der Waals surface area contributed by atoms with Gasteiger partial charge in [-0.3, -0.25) is 14.4 Å². The second-order valence-corrected chi connectivity index (χ2v) is 7.03. The second kappa shape index (κ2) is 7.33. The lowest BCUT2D eigenvalue weighted by molar-refractivity contribution is -0.162. The lowest BCUT2D eigenvalue weighted by Gasteiger charge is -2.51. The number of esters is 1. The van der Waals surface area contributed by atoms with Gasteiger partial charge in [-0.25, -0.2) is 4.79 Å². The van der Waals surface area contributed by atoms with Crippen molar-refractivity contribution in [1.29, 1.82) is 0 Å². The molecule has 0 radical (unpaired) electrons. The Morgan fingerprint density at radius 3 is 2.54 bits per heavy atom. The highest BCUT2D eigenvalue weighted by atomic mass is 32.2. The van der Waals surface area contributed by atoms with Crippen molar-refractivity contribution in [3.05, 3.63) is 46.9 Å². The van der Waals surface area contributed by atoms with E-state index in [1.165, 1.54) is 30.7 Å². The molecule has 2 heterocycles. The van der Waals surface area contributed by atoms with E-state index in [1.807, 2.05) is 30.3 Å². The maximum absolute atomic E-state index is 12.5. The summed E-state index contributed by atoms with van der Waals surface area (Å²) in [5.41, 5.74) is 1.07. The predicted octanol–water partition coefficient (Wildman–Crippen LogP) is 0.643. The highest BCUT2D eigenvalue weighted by molar-refractivity contribution is 8.03. The fourth-order valence-corrected chi connectivity index (χ4v) is 4.31. The minimum absolute atomic E-state index is 0.164. The summed E-state index contributed by atoms with van der Waals surface area (Å²) in [6.07, 6.45) is 0.164. The van der Waals surface area contributed by atoms with Crippen molar-refractivity contribution >= 4 is 35.3 Å². The number of nitrogens with zero attached hydrogens (tertiary/aromatic N) is 1. The minimum atomic E-state index is -1.06. The van der Waals surface area contributed by atoms with Crippen molar-refractivity contribution in [2.45, 2.75) is 30.8 Å². The summed E-state index contributed by atoms with van der Waals surface area (Å²) in [4.78, 5) is 49.9. The summed E-state index contributed by atoms with van der Waals surface area (Å²) in [6, 6.07) is 7.42. The summed E-state index contributed by atoms with van der Waals surface area (Å²) in [5, 5.41) is 3.86. The summed E-state index contributed by atoms with van der Waals surface area (Å²) in [7, 11) is 1.21. The molecule has 0 bridgehead atoms. The standard InChI is InChI=1S/C18H18N2O5S/c1-10(21)12-9-26-17-14(16(23)20(17)15(12)18(24)25-2)19-13(22)8-11-6-4-3-5-7-11/h3-7,9,14-15,17H,8H2,1-2H3,(H,19,22)/t14-,15?,17-/m1/s1. The van der Waals surface area contributed by atoms with Gasteiger partial charge in [0.15, 0.2) is 11.8 Å². The molecule has 8 heteroatoms. The average Bonchev–Trinajstić information content (AvgIpc) is 2.64. The third kappa shape index (κ3) is 3.24. The molecule has 26 heavy (non-hydrogen) atoms. The maximum atomic E-state index is 12.5. The zero-order chi connectivity index (χ0) is 18.8. The van der Waals surface area contributed by atoms with E-state index in [0.29, 0.717) is 0 Å². The molecule has 3 atom stereocenters. The SMILES string of the molecule is COC(=O)C1C(C(C)=O)=CS[C@@H]2[C@H](NC(=O)Cc3ccccc3)C(=O)N12. The van der Waals surface area contributed by atoms with Crippen molar-refractivity contribution in [3.63, 3.8) is 0 Å². The first-order chi connectivity index (χ1) is 12.4. The van der Waals surface area contributed by atoms with Gasteiger partial charge in [0, 0.05) is 5.57 Å². The van der Waals surface area contributed by atoms with Crippen LogP contribution < -0.4 is 5.32 Å². The van der Waals surface area contributed by atoms with Crippen LogP contribution in [0.25, 0.3) is 0 Å². The number of fused-ring (bicyclic) bond motifs is 1. The number of hydrogen-bond donors (Lipinski definition) is 1. The van der Waals surface area contributed by atoms with Crippen LogP contribution in [-0.4, -0.2) is 53.0 Å². The number of nitrogens with one attached hydrogen (secondary N) is 1. The van der Waals surface area contributed by atoms with E-state index in [2.05, 4.69) is 5.32 Å². The number of methoxy groups -OCH3 is 1. The number of benzene rings is 1. The number of hydrogen-bond acceptors (Lipinski definition) is 6. The van der Waals surface area contributed by atoms with Gasteiger partial charge in [0.2, 0.25) is 11.8 Å². The highest BCUT2D eigenvalue weighted by Gasteiger charge is 2.56. The van der Waals surface area contributed by atoms with E-state index < -0.39 is 29.3 Å². The van der Waals surface area contributed by atoms with Gasteiger partial charge in [-0.05, 0) is 17.9 Å². The molecule has 7 nitrogen and oxygen atoms in total. The summed E-state index contributed by atoms with van der Waals surface area (Å²) >= 11 is 1.24. The number of Topliss-reactive ketones (excluding diaryl/α,β-unsaturated/α-hetero) is 1. The Hall–Kier alpha value is -2.61. The van der Waals surface area contributed by atoms with Crippen LogP contribution in [-0.2, 0) is 30.3 Å². The molecule has 3 rings (SSSR count). The van der Waals surface area contributed by atoms with Crippen LogP contribution in [0.15, 0.2) is 41.3 Å². The third-order valence-electron chi connectivity index (χ3n) is 4.34. The van der Waals surface area contributed by atoms with Gasteiger partial charge in [0.1, 0.15) is 11.4 Å². The molecule has 0 aliphatic carbocycles. The maximum Gasteiger partial charge on any atom is 0.333 e. The summed E-state index contributed by atoms with van der Waals surface area (Å²) in [6.45, 7) is 1.34. The van der Waals surface area contributed by atoms with Gasteiger partial charge in [0.25, 0.3) is 0 Å². The Morgan fingerprint density at radius 2 is 1.92 bits per heavy atom. The molecule has 1 unspecified atom stereocenters. The van der Waals surface area contributed by atoms with Crippen molar-refractivity contribution in [2.75, 3.05) is 7.11 Å². The van der Waals surface area contributed by atoms with Crippen molar-refractivity contribution in [1.82, 2.24) is 10.2 Å². The van der Waals surface area contributed by atoms with Crippen molar-refractivity contribution in [2.24, 2.45) is 0 Å². The molecule has 1 saturated heterocycles. The minimum Gasteiger partial charge on any atom is -0.467 e. The van der Waals surface area contributed by atoms with Gasteiger partial charge >= 0.3 is 5.97 Å². The molecule has 136 valence electrons. The molecule has 2 aliphatic rings. The topological polar surface area (TPSA) is 92.8 Å². The fraction of sp³-hybridized carbons (Fsp3) is 0.333. The normalized spacial score (nSPS) is 24.1. The number of rotatable bonds is 5. The number of ketones is 1. The fourth-order valence-electron chi connectivity index (χ4n) is 3.03. The molecule has 1 aromatic carbocycles. The van der Waals surface area contributed by atoms with Crippen LogP contribution in [0.3, 0.4) is 0 Å². The number of thioether (sulfide) groups is 1. The summed E-state index contributed by atoms with van der Waals surface area (Å²) < 4.78 is 4.74. The van der Waals surface area contributed by atoms with E-state index >= 15 is 0 Å². The first-order valence-corrected chi connectivity index (χ1v) is 8.98. The molecule has 1 N–H and O–H groups in total. The molecular weight excluding hydrogens is 356 g/mol. The van der Waals surface area contributed by atoms with Crippen LogP contribution in [0, 0.1) is 0 Å². The quantitative estimate of drug-likeness (QED) is 0.601. The molecule has 1 aromatic rings. The smallest absolute Gasteiger partial charge is 0.333 e. The van der Waals surface area contributed by atoms with Crippen LogP contribution in [0.4, 0.5) is 0 Å². The van der Waals surface area contributed by atoms with Gasteiger partial charge in [-0.2, -0.15) is 0 Å². The van der Waals surface area contributed by atoms with Gasteiger partial charge in [-0.1, -0.05) is 30.3 Å². The van der Waals surface area contributed by atoms with Gasteiger partial charge in [0.05, 0.1) is 13.5 Å². The molecule has 1 fully saturated rings. The van der Waals surface area contributed by atoms with Crippen LogP contribution in [0.1, 0.15) is 12.5 Å². The van der Waals surface area contributed by atoms with E-state index in [4.69, 9.17) is 4.74 Å². The Balaban J connectivity index is 1.72. The van der Waals surface area contributed by atoms with E-state index in [1.54, 1.807) is 5.41 Å². The Morgan fingerprint density at radius 1 is 1.23 bits per heavy atom. The van der Waals surface area contributed by atoms with E-state index in [9.17, 15) is 19.2 Å².